The topological polar surface area (TPSA) is 97.4 Å². The molecule has 0 bridgehead atoms. The molecule has 0 aliphatic rings. The van der Waals surface area contributed by atoms with Crippen LogP contribution in [0.25, 0.3) is 0 Å². The van der Waals surface area contributed by atoms with Gasteiger partial charge in [-0.1, -0.05) is 25.5 Å². The summed E-state index contributed by atoms with van der Waals surface area (Å²) in [5.74, 6) is -2.27. The monoisotopic (exact) mass is 519 g/mol. The van der Waals surface area contributed by atoms with E-state index in [1.807, 2.05) is 6.92 Å². The van der Waals surface area contributed by atoms with E-state index in [2.05, 4.69) is 15.0 Å². The third kappa shape index (κ3) is 8.46. The number of hydrogen-bond acceptors (Lipinski definition) is 5. The Labute approximate surface area is 202 Å². The number of nitrogens with zero attached hydrogens (tertiary/aromatic N) is 1. The summed E-state index contributed by atoms with van der Waals surface area (Å²) in [6.07, 6.45) is -3.23. The van der Waals surface area contributed by atoms with Crippen LogP contribution >= 0.6 is 0 Å². The molecule has 1 atom stereocenters. The molecule has 2 N–H and O–H groups in total. The second-order valence-corrected chi connectivity index (χ2v) is 9.97. The largest absolute Gasteiger partial charge is 0.477 e. The second-order valence-electron chi connectivity index (χ2n) is 7.88. The lowest BCUT2D eigenvalue weighted by Crippen LogP contribution is -2.28. The molecule has 35 heavy (non-hydrogen) atoms. The summed E-state index contributed by atoms with van der Waals surface area (Å²) in [7, 11) is -3.49. The first-order valence-corrected chi connectivity index (χ1v) is 12.8. The molecule has 1 aromatic heterocycles. The van der Waals surface area contributed by atoms with Gasteiger partial charge in [-0.25, -0.2) is 22.5 Å². The van der Waals surface area contributed by atoms with Gasteiger partial charge in [-0.15, -0.1) is 0 Å². The number of hydrogen-bond donors (Lipinski definition) is 2. The number of pyridine rings is 1. The lowest BCUT2D eigenvalue weighted by atomic mass is 9.98. The summed E-state index contributed by atoms with van der Waals surface area (Å²) in [6, 6.07) is 6.08. The molecule has 0 saturated heterocycles. The van der Waals surface area contributed by atoms with Gasteiger partial charge in [0, 0.05) is 24.2 Å². The third-order valence-corrected chi connectivity index (χ3v) is 6.60. The van der Waals surface area contributed by atoms with E-state index < -0.39 is 39.5 Å². The van der Waals surface area contributed by atoms with Crippen LogP contribution in [0.2, 0.25) is 0 Å². The van der Waals surface area contributed by atoms with E-state index >= 15 is 0 Å². The van der Waals surface area contributed by atoms with Gasteiger partial charge in [-0.05, 0) is 44.0 Å². The maximum atomic E-state index is 14.5. The Kier molecular flexibility index (Phi) is 10.0. The number of benzene rings is 1. The second kappa shape index (κ2) is 12.3. The number of unbranched alkanes of at least 4 members (excludes halogenated alkanes) is 1. The summed E-state index contributed by atoms with van der Waals surface area (Å²) >= 11 is 0. The van der Waals surface area contributed by atoms with Gasteiger partial charge in [0.2, 0.25) is 21.8 Å². The Bertz CT molecular complexity index is 1120. The third-order valence-electron chi connectivity index (χ3n) is 5.25. The molecule has 0 saturated carbocycles. The zero-order chi connectivity index (χ0) is 26.2. The number of amides is 1. The van der Waals surface area contributed by atoms with Crippen molar-refractivity contribution in [3.8, 4) is 5.88 Å². The number of ether oxygens (including phenoxy) is 1. The normalized spacial score (nSPS) is 12.9. The fourth-order valence-electron chi connectivity index (χ4n) is 2.95. The molecule has 0 aliphatic carbocycles. The van der Waals surface area contributed by atoms with Crippen LogP contribution in [0.1, 0.15) is 61.9 Å². The number of aromatic nitrogens is 1. The van der Waals surface area contributed by atoms with Crippen molar-refractivity contribution in [3.63, 3.8) is 0 Å². The predicted molar refractivity (Wildman–Crippen MR) is 123 cm³/mol. The highest BCUT2D eigenvalue weighted by Gasteiger charge is 2.33. The average molecular weight is 520 g/mol. The molecule has 0 aliphatic heterocycles. The van der Waals surface area contributed by atoms with Crippen LogP contribution in [-0.4, -0.2) is 31.7 Å². The highest BCUT2D eigenvalue weighted by atomic mass is 32.2. The molecule has 1 heterocycles. The molecule has 1 unspecified atom stereocenters. The number of carbonyl (C=O) groups is 1. The lowest BCUT2D eigenvalue weighted by Gasteiger charge is -2.16. The van der Waals surface area contributed by atoms with Crippen LogP contribution in [0, 0.1) is 5.82 Å². The van der Waals surface area contributed by atoms with E-state index in [9.17, 15) is 30.8 Å². The zero-order valence-corrected chi connectivity index (χ0v) is 20.5. The van der Waals surface area contributed by atoms with E-state index in [0.717, 1.165) is 18.6 Å². The van der Waals surface area contributed by atoms with Crippen LogP contribution in [0.4, 0.5) is 17.6 Å². The summed E-state index contributed by atoms with van der Waals surface area (Å²) in [6.45, 7) is 4.75. The summed E-state index contributed by atoms with van der Waals surface area (Å²) in [4.78, 5) is 16.2. The van der Waals surface area contributed by atoms with E-state index in [-0.39, 0.29) is 42.5 Å². The van der Waals surface area contributed by atoms with Crippen LogP contribution < -0.4 is 14.8 Å². The highest BCUT2D eigenvalue weighted by molar-refractivity contribution is 7.89. The minimum absolute atomic E-state index is 0.128. The summed E-state index contributed by atoms with van der Waals surface area (Å²) < 4.78 is 84.3. The lowest BCUT2D eigenvalue weighted by molar-refractivity contribution is -0.141. The van der Waals surface area contributed by atoms with Crippen molar-refractivity contribution in [2.75, 3.05) is 12.4 Å². The van der Waals surface area contributed by atoms with Crippen molar-refractivity contribution in [2.45, 2.75) is 58.8 Å². The molecule has 1 amide bonds. The van der Waals surface area contributed by atoms with Crippen LogP contribution in [-0.2, 0) is 34.1 Å². The number of rotatable bonds is 12. The van der Waals surface area contributed by atoms with Gasteiger partial charge in [0.25, 0.3) is 0 Å². The Balaban J connectivity index is 2.09. The van der Waals surface area contributed by atoms with Crippen molar-refractivity contribution < 1.29 is 35.5 Å². The van der Waals surface area contributed by atoms with Gasteiger partial charge in [0.05, 0.1) is 18.3 Å². The summed E-state index contributed by atoms with van der Waals surface area (Å²) in [5.41, 5.74) is -0.334. The van der Waals surface area contributed by atoms with Gasteiger partial charge in [-0.2, -0.15) is 13.2 Å². The fraction of sp³-hybridized carbons (Fsp3) is 0.478. The Hall–Kier alpha value is -2.73. The molecule has 12 heteroatoms. The van der Waals surface area contributed by atoms with Gasteiger partial charge in [-0.3, -0.25) is 4.79 Å². The SMILES string of the molecule is CCCCOc1nc(C(F)(F)F)ccc1CNC(=O)C(C)c1ccc(CNS(=O)(=O)CC)c(F)c1. The first-order chi connectivity index (χ1) is 16.4. The smallest absolute Gasteiger partial charge is 0.433 e. The Morgan fingerprint density at radius 3 is 2.40 bits per heavy atom. The molecule has 2 rings (SSSR count). The number of halogens is 4. The maximum absolute atomic E-state index is 14.5. The molecule has 1 aromatic carbocycles. The quantitative estimate of drug-likeness (QED) is 0.322. The number of sulfonamides is 1. The van der Waals surface area contributed by atoms with Gasteiger partial charge < -0.3 is 10.1 Å². The van der Waals surface area contributed by atoms with Crippen LogP contribution in [0.15, 0.2) is 30.3 Å². The zero-order valence-electron chi connectivity index (χ0n) is 19.7. The highest BCUT2D eigenvalue weighted by Crippen LogP contribution is 2.30. The number of nitrogens with one attached hydrogen (secondary N) is 2. The van der Waals surface area contributed by atoms with E-state index in [1.165, 1.54) is 25.1 Å². The van der Waals surface area contributed by atoms with Gasteiger partial charge >= 0.3 is 6.18 Å². The van der Waals surface area contributed by atoms with Crippen molar-refractivity contribution >= 4 is 15.9 Å². The molecule has 194 valence electrons. The maximum Gasteiger partial charge on any atom is 0.433 e. The number of carbonyl (C=O) groups excluding carboxylic acids is 1. The van der Waals surface area contributed by atoms with E-state index in [1.54, 1.807) is 6.92 Å². The fourth-order valence-corrected chi connectivity index (χ4v) is 3.53. The average Bonchev–Trinajstić information content (AvgIpc) is 2.81. The van der Waals surface area contributed by atoms with Crippen molar-refractivity contribution in [1.82, 2.24) is 15.0 Å². The molecule has 7 nitrogen and oxygen atoms in total. The molecule has 0 radical (unpaired) electrons. The molecule has 0 fully saturated rings. The Morgan fingerprint density at radius 2 is 1.80 bits per heavy atom. The van der Waals surface area contributed by atoms with Crippen LogP contribution in [0.5, 0.6) is 5.88 Å². The number of alkyl halides is 3. The van der Waals surface area contributed by atoms with Crippen LogP contribution in [0.3, 0.4) is 0 Å². The predicted octanol–water partition coefficient (Wildman–Crippen LogP) is 4.28. The van der Waals surface area contributed by atoms with Gasteiger partial charge in [0.15, 0.2) is 0 Å². The van der Waals surface area contributed by atoms with Gasteiger partial charge in [0.1, 0.15) is 11.5 Å². The Morgan fingerprint density at radius 1 is 1.11 bits per heavy atom. The minimum atomic E-state index is -4.63. The molecule has 2 aromatic rings. The van der Waals surface area contributed by atoms with Crippen molar-refractivity contribution in [1.29, 1.82) is 0 Å². The van der Waals surface area contributed by atoms with Crippen molar-refractivity contribution in [2.24, 2.45) is 0 Å². The van der Waals surface area contributed by atoms with Crippen molar-refractivity contribution in [3.05, 3.63) is 58.5 Å². The molecule has 0 spiro atoms. The molecular weight excluding hydrogens is 490 g/mol. The summed E-state index contributed by atoms with van der Waals surface area (Å²) in [5, 5.41) is 2.62. The standard InChI is InChI=1S/C23H29F4N3O4S/c1-4-6-11-34-22-18(9-10-20(30-22)23(25,26)27)13-28-21(31)15(3)16-7-8-17(19(24)12-16)14-29-35(32,33)5-2/h7-10,12,15,29H,4-6,11,13-14H2,1-3H3,(H,28,31). The molecular formula is C23H29F4N3O4S. The first kappa shape index (κ1) is 28.5. The minimum Gasteiger partial charge on any atom is -0.477 e. The van der Waals surface area contributed by atoms with E-state index in [4.69, 9.17) is 4.74 Å². The first-order valence-electron chi connectivity index (χ1n) is 11.1. The van der Waals surface area contributed by atoms with E-state index in [0.29, 0.717) is 12.0 Å².